The van der Waals surface area contributed by atoms with Gasteiger partial charge in [-0.3, -0.25) is 0 Å². The van der Waals surface area contributed by atoms with Crippen LogP contribution in [0.1, 0.15) is 5.56 Å². The number of alkyl halides is 2. The maximum absolute atomic E-state index is 11.8. The first-order valence-electron chi connectivity index (χ1n) is 4.04. The Morgan fingerprint density at radius 1 is 1.33 bits per heavy atom. The number of hydrogen-bond acceptors (Lipinski definition) is 4. The molecular formula is C9H9F2NO3. The summed E-state index contributed by atoms with van der Waals surface area (Å²) in [5.74, 6) is 0.00368. The van der Waals surface area contributed by atoms with Crippen molar-refractivity contribution in [1.82, 2.24) is 0 Å². The van der Waals surface area contributed by atoms with Crippen molar-refractivity contribution in [3.05, 3.63) is 29.8 Å². The second-order valence-corrected chi connectivity index (χ2v) is 2.61. The predicted octanol–water partition coefficient (Wildman–Crippen LogP) is 1.46. The van der Waals surface area contributed by atoms with Crippen LogP contribution in [0.2, 0.25) is 0 Å². The number of aliphatic hydroxyl groups excluding tert-OH is 1. The summed E-state index contributed by atoms with van der Waals surface area (Å²) < 4.78 is 27.7. The first-order valence-corrected chi connectivity index (χ1v) is 4.04. The average Bonchev–Trinajstić information content (AvgIpc) is 2.21. The number of ether oxygens (including phenoxy) is 1. The zero-order valence-corrected chi connectivity index (χ0v) is 7.60. The maximum atomic E-state index is 11.8. The van der Waals surface area contributed by atoms with E-state index < -0.39 is 13.2 Å². The van der Waals surface area contributed by atoms with Gasteiger partial charge >= 0.3 is 6.61 Å². The molecule has 0 aliphatic carbocycles. The van der Waals surface area contributed by atoms with Crippen LogP contribution in [0.3, 0.4) is 0 Å². The molecule has 1 rings (SSSR count). The second-order valence-electron chi connectivity index (χ2n) is 2.61. The first kappa shape index (κ1) is 11.4. The molecule has 0 aliphatic rings. The van der Waals surface area contributed by atoms with Crippen molar-refractivity contribution in [2.45, 2.75) is 6.61 Å². The third-order valence-electron chi connectivity index (χ3n) is 1.68. The minimum absolute atomic E-state index is 0.00368. The van der Waals surface area contributed by atoms with E-state index in [9.17, 15) is 8.78 Å². The molecule has 6 heteroatoms. The van der Waals surface area contributed by atoms with Crippen LogP contribution in [0.4, 0.5) is 8.78 Å². The van der Waals surface area contributed by atoms with E-state index in [4.69, 9.17) is 10.3 Å². The van der Waals surface area contributed by atoms with Crippen LogP contribution in [-0.4, -0.2) is 29.2 Å². The topological polar surface area (TPSA) is 62.1 Å². The van der Waals surface area contributed by atoms with Crippen molar-refractivity contribution in [3.63, 3.8) is 0 Å². The number of nitrogens with zero attached hydrogens (tertiary/aromatic N) is 1. The van der Waals surface area contributed by atoms with Crippen LogP contribution in [0, 0.1) is 0 Å². The SMILES string of the molecule is OC/C(=N\O)c1ccc(OC(F)F)cc1. The van der Waals surface area contributed by atoms with Gasteiger partial charge in [0.25, 0.3) is 0 Å². The number of oxime groups is 1. The Hall–Kier alpha value is -1.69. The molecule has 0 saturated carbocycles. The smallest absolute Gasteiger partial charge is 0.387 e. The number of hydrogen-bond donors (Lipinski definition) is 2. The van der Waals surface area contributed by atoms with Gasteiger partial charge in [0.05, 0.1) is 6.61 Å². The number of benzene rings is 1. The van der Waals surface area contributed by atoms with Gasteiger partial charge in [-0.1, -0.05) is 5.16 Å². The molecule has 0 heterocycles. The first-order chi connectivity index (χ1) is 7.17. The molecular weight excluding hydrogens is 208 g/mol. The summed E-state index contributed by atoms with van der Waals surface area (Å²) in [4.78, 5) is 0. The summed E-state index contributed by atoms with van der Waals surface area (Å²) in [6.45, 7) is -3.31. The van der Waals surface area contributed by atoms with E-state index in [1.54, 1.807) is 0 Å². The van der Waals surface area contributed by atoms with E-state index in [1.807, 2.05) is 0 Å². The molecule has 15 heavy (non-hydrogen) atoms. The van der Waals surface area contributed by atoms with E-state index in [-0.39, 0.29) is 11.5 Å². The molecule has 1 aromatic rings. The average molecular weight is 217 g/mol. The molecule has 2 N–H and O–H groups in total. The molecule has 0 unspecified atom stereocenters. The maximum Gasteiger partial charge on any atom is 0.387 e. The Morgan fingerprint density at radius 2 is 1.93 bits per heavy atom. The molecule has 1 aromatic carbocycles. The molecule has 82 valence electrons. The summed E-state index contributed by atoms with van der Waals surface area (Å²) in [5, 5.41) is 20.1. The van der Waals surface area contributed by atoms with Crippen LogP contribution in [0.25, 0.3) is 0 Å². The molecule has 4 nitrogen and oxygen atoms in total. The normalized spacial score (nSPS) is 11.9. The van der Waals surface area contributed by atoms with Gasteiger partial charge < -0.3 is 15.1 Å². The van der Waals surface area contributed by atoms with Gasteiger partial charge in [-0.25, -0.2) is 0 Å². The summed E-state index contributed by atoms with van der Waals surface area (Å²) in [6, 6.07) is 5.40. The highest BCUT2D eigenvalue weighted by Crippen LogP contribution is 2.15. The van der Waals surface area contributed by atoms with Gasteiger partial charge in [0, 0.05) is 5.56 Å². The van der Waals surface area contributed by atoms with Crippen LogP contribution in [0.15, 0.2) is 29.4 Å². The van der Waals surface area contributed by atoms with E-state index in [1.165, 1.54) is 24.3 Å². The van der Waals surface area contributed by atoms with Gasteiger partial charge in [0.15, 0.2) is 0 Å². The molecule has 0 aliphatic heterocycles. The summed E-state index contributed by atoms with van der Waals surface area (Å²) in [7, 11) is 0. The quantitative estimate of drug-likeness (QED) is 0.456. The van der Waals surface area contributed by atoms with Gasteiger partial charge in [0.1, 0.15) is 11.5 Å². The van der Waals surface area contributed by atoms with Crippen LogP contribution < -0.4 is 4.74 Å². The molecule has 0 fully saturated rings. The number of halogens is 2. The summed E-state index contributed by atoms with van der Waals surface area (Å²) >= 11 is 0. The fourth-order valence-electron chi connectivity index (χ4n) is 1.01. The number of aliphatic hydroxyl groups is 1. The van der Waals surface area contributed by atoms with Crippen LogP contribution in [-0.2, 0) is 0 Å². The standard InChI is InChI=1S/C9H9F2NO3/c10-9(11)15-7-3-1-6(2-4-7)8(5-13)12-14/h1-4,9,13-14H,5H2/b12-8+. The largest absolute Gasteiger partial charge is 0.435 e. The van der Waals surface area contributed by atoms with Gasteiger partial charge in [-0.05, 0) is 24.3 Å². The summed E-state index contributed by atoms with van der Waals surface area (Å²) in [6.07, 6.45) is 0. The second kappa shape index (κ2) is 5.26. The van der Waals surface area contributed by atoms with Crippen LogP contribution in [0.5, 0.6) is 5.75 Å². The van der Waals surface area contributed by atoms with Crippen molar-refractivity contribution in [2.24, 2.45) is 5.16 Å². The lowest BCUT2D eigenvalue weighted by Gasteiger charge is -2.05. The lowest BCUT2D eigenvalue weighted by atomic mass is 10.1. The summed E-state index contributed by atoms with van der Waals surface area (Å²) in [5.41, 5.74) is 0.486. The zero-order chi connectivity index (χ0) is 11.3. The van der Waals surface area contributed by atoms with Gasteiger partial charge in [0.2, 0.25) is 0 Å². The predicted molar refractivity (Wildman–Crippen MR) is 48.5 cm³/mol. The highest BCUT2D eigenvalue weighted by atomic mass is 19.3. The van der Waals surface area contributed by atoms with Crippen molar-refractivity contribution >= 4 is 5.71 Å². The zero-order valence-electron chi connectivity index (χ0n) is 7.60. The minimum atomic E-state index is -2.88. The van der Waals surface area contributed by atoms with E-state index in [0.29, 0.717) is 5.56 Å². The third kappa shape index (κ3) is 3.17. The Labute approximate surface area is 84.4 Å². The number of rotatable bonds is 4. The van der Waals surface area contributed by atoms with E-state index in [2.05, 4.69) is 9.89 Å². The highest BCUT2D eigenvalue weighted by Gasteiger charge is 2.06. The third-order valence-corrected chi connectivity index (χ3v) is 1.68. The van der Waals surface area contributed by atoms with Crippen molar-refractivity contribution in [1.29, 1.82) is 0 Å². The highest BCUT2D eigenvalue weighted by molar-refractivity contribution is 6.01. The molecule has 0 atom stereocenters. The fourth-order valence-corrected chi connectivity index (χ4v) is 1.01. The Bertz CT molecular complexity index is 338. The molecule has 0 amide bonds. The molecule has 0 saturated heterocycles. The molecule has 0 spiro atoms. The Morgan fingerprint density at radius 3 is 2.33 bits per heavy atom. The Kier molecular flexibility index (Phi) is 3.99. The fraction of sp³-hybridized carbons (Fsp3) is 0.222. The van der Waals surface area contributed by atoms with Gasteiger partial charge in [-0.15, -0.1) is 0 Å². The Balaban J connectivity index is 2.80. The molecule has 0 radical (unpaired) electrons. The lowest BCUT2D eigenvalue weighted by molar-refractivity contribution is -0.0498. The van der Waals surface area contributed by atoms with Gasteiger partial charge in [-0.2, -0.15) is 8.78 Å². The van der Waals surface area contributed by atoms with E-state index in [0.717, 1.165) is 0 Å². The van der Waals surface area contributed by atoms with Crippen LogP contribution >= 0.6 is 0 Å². The monoisotopic (exact) mass is 217 g/mol. The van der Waals surface area contributed by atoms with Crippen molar-refractivity contribution in [2.75, 3.05) is 6.61 Å². The minimum Gasteiger partial charge on any atom is -0.435 e. The lowest BCUT2D eigenvalue weighted by Crippen LogP contribution is -2.07. The van der Waals surface area contributed by atoms with Crippen molar-refractivity contribution in [3.8, 4) is 5.75 Å². The van der Waals surface area contributed by atoms with E-state index >= 15 is 0 Å². The molecule has 0 bridgehead atoms. The molecule has 0 aromatic heterocycles. The van der Waals surface area contributed by atoms with Crippen molar-refractivity contribution < 1.29 is 23.8 Å².